The van der Waals surface area contributed by atoms with Gasteiger partial charge in [0.1, 0.15) is 5.75 Å². The van der Waals surface area contributed by atoms with Gasteiger partial charge in [0.05, 0.1) is 28.9 Å². The van der Waals surface area contributed by atoms with Gasteiger partial charge in [-0.2, -0.15) is 0 Å². The minimum absolute atomic E-state index is 0.574. The average molecular weight is 370 g/mol. The lowest BCUT2D eigenvalue weighted by atomic mass is 10.2. The predicted molar refractivity (Wildman–Crippen MR) is 87.7 cm³/mol. The van der Waals surface area contributed by atoms with Gasteiger partial charge in [0.2, 0.25) is 0 Å². The Morgan fingerprint density at radius 1 is 1.30 bits per heavy atom. The lowest BCUT2D eigenvalue weighted by Gasteiger charge is -2.11. The van der Waals surface area contributed by atoms with Crippen molar-refractivity contribution in [3.05, 3.63) is 50.7 Å². The van der Waals surface area contributed by atoms with Crippen molar-refractivity contribution in [1.82, 2.24) is 9.55 Å². The predicted octanol–water partition coefficient (Wildman–Crippen LogP) is 5.11. The molecular formula is C14H10BrClN2OS. The molecule has 0 aliphatic rings. The first-order valence-corrected chi connectivity index (χ1v) is 7.43. The van der Waals surface area contributed by atoms with Crippen molar-refractivity contribution in [2.45, 2.75) is 0 Å². The van der Waals surface area contributed by atoms with Crippen LogP contribution >= 0.6 is 39.7 Å². The van der Waals surface area contributed by atoms with Gasteiger partial charge in [-0.25, -0.2) is 0 Å². The van der Waals surface area contributed by atoms with Gasteiger partial charge < -0.3 is 9.72 Å². The maximum atomic E-state index is 6.32. The first-order chi connectivity index (χ1) is 9.61. The number of aromatic nitrogens is 2. The summed E-state index contributed by atoms with van der Waals surface area (Å²) in [4.78, 5) is 3.16. The molecule has 2 aromatic carbocycles. The molecule has 0 aliphatic heterocycles. The molecule has 0 unspecified atom stereocenters. The Bertz CT molecular complexity index is 856. The fourth-order valence-corrected chi connectivity index (χ4v) is 3.09. The summed E-state index contributed by atoms with van der Waals surface area (Å²) in [5.41, 5.74) is 2.58. The highest BCUT2D eigenvalue weighted by Gasteiger charge is 2.13. The highest BCUT2D eigenvalue weighted by atomic mass is 79.9. The van der Waals surface area contributed by atoms with Gasteiger partial charge in [0.15, 0.2) is 4.77 Å². The minimum Gasteiger partial charge on any atom is -0.495 e. The van der Waals surface area contributed by atoms with E-state index < -0.39 is 0 Å². The molecule has 3 nitrogen and oxygen atoms in total. The summed E-state index contributed by atoms with van der Waals surface area (Å²) in [6, 6.07) is 11.4. The van der Waals surface area contributed by atoms with Crippen molar-refractivity contribution in [3.8, 4) is 11.4 Å². The van der Waals surface area contributed by atoms with Crippen molar-refractivity contribution < 1.29 is 4.74 Å². The maximum absolute atomic E-state index is 6.32. The van der Waals surface area contributed by atoms with Crippen LogP contribution in [-0.2, 0) is 0 Å². The van der Waals surface area contributed by atoms with Crippen molar-refractivity contribution in [2.24, 2.45) is 0 Å². The molecule has 0 aliphatic carbocycles. The number of hydrogen-bond donors (Lipinski definition) is 1. The Morgan fingerprint density at radius 2 is 2.10 bits per heavy atom. The van der Waals surface area contributed by atoms with Crippen LogP contribution < -0.4 is 4.74 Å². The topological polar surface area (TPSA) is 29.9 Å². The van der Waals surface area contributed by atoms with Crippen LogP contribution in [0, 0.1) is 4.77 Å². The number of methoxy groups -OCH3 is 1. The highest BCUT2D eigenvalue weighted by Crippen LogP contribution is 2.32. The molecule has 0 fully saturated rings. The fourth-order valence-electron chi connectivity index (χ4n) is 2.18. The van der Waals surface area contributed by atoms with Crippen molar-refractivity contribution >= 4 is 50.8 Å². The van der Waals surface area contributed by atoms with Crippen LogP contribution in [-0.4, -0.2) is 16.7 Å². The van der Waals surface area contributed by atoms with Gasteiger partial charge in [-0.15, -0.1) is 0 Å². The third kappa shape index (κ3) is 2.16. The van der Waals surface area contributed by atoms with E-state index in [4.69, 9.17) is 28.6 Å². The zero-order valence-electron chi connectivity index (χ0n) is 10.5. The molecule has 6 heteroatoms. The molecule has 102 valence electrons. The number of hydrogen-bond acceptors (Lipinski definition) is 2. The Balaban J connectivity index is 2.44. The van der Waals surface area contributed by atoms with Crippen LogP contribution in [0.5, 0.6) is 5.75 Å². The van der Waals surface area contributed by atoms with Gasteiger partial charge >= 0.3 is 0 Å². The zero-order valence-corrected chi connectivity index (χ0v) is 13.6. The molecule has 0 atom stereocenters. The number of ether oxygens (including phenoxy) is 1. The van der Waals surface area contributed by atoms with Crippen LogP contribution in [0.1, 0.15) is 0 Å². The second-order valence-corrected chi connectivity index (χ2v) is 5.93. The number of para-hydroxylation sites is 1. The smallest absolute Gasteiger partial charge is 0.182 e. The Hall–Kier alpha value is -1.30. The molecule has 20 heavy (non-hydrogen) atoms. The van der Waals surface area contributed by atoms with Crippen LogP contribution in [0.4, 0.5) is 0 Å². The maximum Gasteiger partial charge on any atom is 0.182 e. The van der Waals surface area contributed by atoms with E-state index >= 15 is 0 Å². The summed E-state index contributed by atoms with van der Waals surface area (Å²) in [7, 11) is 1.63. The van der Waals surface area contributed by atoms with Crippen LogP contribution in [0.2, 0.25) is 5.02 Å². The lowest BCUT2D eigenvalue weighted by molar-refractivity contribution is 0.413. The third-order valence-electron chi connectivity index (χ3n) is 3.04. The number of H-pyrrole nitrogens is 1. The molecule has 1 aromatic heterocycles. The van der Waals surface area contributed by atoms with Gasteiger partial charge in [-0.1, -0.05) is 33.6 Å². The molecule has 0 saturated heterocycles. The fraction of sp³-hybridized carbons (Fsp3) is 0.0714. The van der Waals surface area contributed by atoms with E-state index in [-0.39, 0.29) is 0 Å². The van der Waals surface area contributed by atoms with Crippen LogP contribution in [0.25, 0.3) is 16.7 Å². The molecule has 3 aromatic rings. The van der Waals surface area contributed by atoms with E-state index in [1.165, 1.54) is 0 Å². The van der Waals surface area contributed by atoms with Crippen LogP contribution in [0.15, 0.2) is 40.9 Å². The summed E-state index contributed by atoms with van der Waals surface area (Å²) in [6.07, 6.45) is 0. The zero-order chi connectivity index (χ0) is 14.3. The second kappa shape index (κ2) is 5.24. The molecular weight excluding hydrogens is 360 g/mol. The first kappa shape index (κ1) is 13.7. The summed E-state index contributed by atoms with van der Waals surface area (Å²) in [6.45, 7) is 0. The molecule has 0 radical (unpaired) electrons. The largest absolute Gasteiger partial charge is 0.495 e. The lowest BCUT2D eigenvalue weighted by Crippen LogP contribution is -1.98. The second-order valence-electron chi connectivity index (χ2n) is 4.22. The molecule has 1 N–H and O–H groups in total. The quantitative estimate of drug-likeness (QED) is 0.636. The van der Waals surface area contributed by atoms with E-state index in [1.807, 2.05) is 41.0 Å². The Morgan fingerprint density at radius 3 is 2.85 bits per heavy atom. The molecule has 0 bridgehead atoms. The molecule has 0 amide bonds. The van der Waals surface area contributed by atoms with Gasteiger partial charge in [-0.3, -0.25) is 4.57 Å². The number of rotatable bonds is 2. The number of imidazole rings is 1. The van der Waals surface area contributed by atoms with Gasteiger partial charge in [-0.05, 0) is 42.5 Å². The normalized spacial score (nSPS) is 10.9. The molecule has 3 rings (SSSR count). The summed E-state index contributed by atoms with van der Waals surface area (Å²) in [5.74, 6) is 0.727. The third-order valence-corrected chi connectivity index (χ3v) is 4.12. The number of fused-ring (bicyclic) bond motifs is 1. The molecule has 1 heterocycles. The molecule has 0 spiro atoms. The number of halogens is 2. The number of nitrogens with zero attached hydrogens (tertiary/aromatic N) is 1. The van der Waals surface area contributed by atoms with E-state index in [2.05, 4.69) is 20.9 Å². The molecule has 0 saturated carbocycles. The van der Waals surface area contributed by atoms with Gasteiger partial charge in [0.25, 0.3) is 0 Å². The summed E-state index contributed by atoms with van der Waals surface area (Å²) >= 11 is 15.2. The first-order valence-electron chi connectivity index (χ1n) is 5.85. The average Bonchev–Trinajstić information content (AvgIpc) is 2.76. The number of aromatic amines is 1. The minimum atomic E-state index is 0.574. The monoisotopic (exact) mass is 368 g/mol. The van der Waals surface area contributed by atoms with E-state index in [9.17, 15) is 0 Å². The number of nitrogens with one attached hydrogen (secondary N) is 1. The van der Waals surface area contributed by atoms with Crippen molar-refractivity contribution in [1.29, 1.82) is 0 Å². The van der Waals surface area contributed by atoms with Crippen molar-refractivity contribution in [3.63, 3.8) is 0 Å². The summed E-state index contributed by atoms with van der Waals surface area (Å²) < 4.78 is 8.82. The Kier molecular flexibility index (Phi) is 3.58. The van der Waals surface area contributed by atoms with Crippen molar-refractivity contribution in [2.75, 3.05) is 7.11 Å². The SMILES string of the molecule is COc1ccc(Br)cc1-n1c(=S)[nH]c2cccc(Cl)c21. The van der Waals surface area contributed by atoms with E-state index in [1.54, 1.807) is 7.11 Å². The summed E-state index contributed by atoms with van der Waals surface area (Å²) in [5, 5.41) is 0.636. The van der Waals surface area contributed by atoms with E-state index in [0.717, 1.165) is 26.9 Å². The Labute approximate surface area is 134 Å². The highest BCUT2D eigenvalue weighted by molar-refractivity contribution is 9.10. The number of benzene rings is 2. The standard InChI is InChI=1S/C14H10BrClN2OS/c1-19-12-6-5-8(15)7-11(12)18-13-9(16)3-2-4-10(13)17-14(18)20/h2-7H,1H3,(H,17,20). The van der Waals surface area contributed by atoms with E-state index in [0.29, 0.717) is 9.79 Å². The van der Waals surface area contributed by atoms with Gasteiger partial charge in [0, 0.05) is 4.47 Å². The van der Waals surface area contributed by atoms with Crippen LogP contribution in [0.3, 0.4) is 0 Å².